The smallest absolute Gasteiger partial charge is 0.305 e. The fraction of sp³-hybridized carbons (Fsp3) is 0.308. The third-order valence-corrected chi connectivity index (χ3v) is 4.20. The van der Waals surface area contributed by atoms with Crippen LogP contribution in [0.4, 0.5) is 4.39 Å². The molecule has 1 rings (SSSR count). The highest BCUT2D eigenvalue weighted by Gasteiger charge is 2.29. The molecule has 1 aromatic rings. The van der Waals surface area contributed by atoms with E-state index in [-0.39, 0.29) is 24.3 Å². The van der Waals surface area contributed by atoms with Crippen LogP contribution in [0.15, 0.2) is 29.6 Å². The Hall–Kier alpha value is -1.47. The molecule has 0 aliphatic heterocycles. The van der Waals surface area contributed by atoms with Crippen molar-refractivity contribution in [1.82, 2.24) is 0 Å². The lowest BCUT2D eigenvalue weighted by atomic mass is 10.2. The van der Waals surface area contributed by atoms with Crippen LogP contribution in [-0.2, 0) is 13.6 Å². The predicted octanol–water partition coefficient (Wildman–Crippen LogP) is 3.96. The predicted molar refractivity (Wildman–Crippen MR) is 70.8 cm³/mol. The lowest BCUT2D eigenvalue weighted by Crippen LogP contribution is -1.97. The minimum atomic E-state index is -3.60. The molecule has 0 saturated heterocycles. The molecule has 19 heavy (non-hydrogen) atoms. The summed E-state index contributed by atoms with van der Waals surface area (Å²) in [5, 5.41) is 9.01. The lowest BCUT2D eigenvalue weighted by Gasteiger charge is -2.15. The Morgan fingerprint density at radius 1 is 1.32 bits per heavy atom. The average Bonchev–Trinajstić information content (AvgIpc) is 2.38. The maximum Gasteiger partial charge on any atom is 0.371 e. The number of nitriles is 1. The van der Waals surface area contributed by atoms with Crippen LogP contribution >= 0.6 is 7.60 Å². The van der Waals surface area contributed by atoms with Gasteiger partial charge in [-0.1, -0.05) is 12.1 Å². The Morgan fingerprint density at radius 3 is 2.26 bits per heavy atom. The maximum atomic E-state index is 12.8. The van der Waals surface area contributed by atoms with Gasteiger partial charge in [-0.2, -0.15) is 5.26 Å². The topological polar surface area (TPSA) is 59.3 Å². The minimum absolute atomic E-state index is 0.0946. The number of nitrogens with zero attached hydrogens (tertiary/aromatic N) is 1. The first kappa shape index (κ1) is 15.6. The van der Waals surface area contributed by atoms with E-state index in [4.69, 9.17) is 14.3 Å². The van der Waals surface area contributed by atoms with Crippen LogP contribution in [0.2, 0.25) is 0 Å². The number of hydrogen-bond donors (Lipinski definition) is 0. The third-order valence-electron chi connectivity index (χ3n) is 2.18. The van der Waals surface area contributed by atoms with Crippen molar-refractivity contribution in [3.8, 4) is 6.07 Å². The molecule has 4 nitrogen and oxygen atoms in total. The van der Waals surface area contributed by atoms with Crippen molar-refractivity contribution in [2.24, 2.45) is 0 Å². The van der Waals surface area contributed by atoms with Gasteiger partial charge >= 0.3 is 7.60 Å². The first-order chi connectivity index (χ1) is 9.05. The van der Waals surface area contributed by atoms with Gasteiger partial charge in [0.2, 0.25) is 0 Å². The van der Waals surface area contributed by atoms with Gasteiger partial charge in [0.15, 0.2) is 0 Å². The molecule has 0 radical (unpaired) electrons. The van der Waals surface area contributed by atoms with Gasteiger partial charge in [-0.3, -0.25) is 4.57 Å². The molecule has 0 spiro atoms. The first-order valence-electron chi connectivity index (χ1n) is 5.82. The van der Waals surface area contributed by atoms with Gasteiger partial charge in [0.05, 0.1) is 13.2 Å². The zero-order valence-electron chi connectivity index (χ0n) is 10.8. The first-order valence-corrected chi connectivity index (χ1v) is 7.37. The molecule has 0 saturated carbocycles. The van der Waals surface area contributed by atoms with Crippen molar-refractivity contribution >= 4 is 13.7 Å². The van der Waals surface area contributed by atoms with Crippen LogP contribution in [0.3, 0.4) is 0 Å². The van der Waals surface area contributed by atoms with E-state index in [2.05, 4.69) is 0 Å². The normalized spacial score (nSPS) is 12.2. The Kier molecular flexibility index (Phi) is 5.91. The largest absolute Gasteiger partial charge is 0.371 e. The Bertz CT molecular complexity index is 524. The van der Waals surface area contributed by atoms with Crippen LogP contribution in [0, 0.1) is 17.1 Å². The number of halogens is 1. The van der Waals surface area contributed by atoms with E-state index in [1.54, 1.807) is 13.8 Å². The van der Waals surface area contributed by atoms with Crippen LogP contribution in [0.1, 0.15) is 19.4 Å². The van der Waals surface area contributed by atoms with E-state index in [0.717, 1.165) is 0 Å². The summed E-state index contributed by atoms with van der Waals surface area (Å²) < 4.78 is 35.4. The van der Waals surface area contributed by atoms with Crippen molar-refractivity contribution in [2.45, 2.75) is 13.8 Å². The summed E-state index contributed by atoms with van der Waals surface area (Å²) >= 11 is 0. The zero-order valence-corrected chi connectivity index (χ0v) is 11.7. The van der Waals surface area contributed by atoms with Crippen LogP contribution in [0.5, 0.6) is 0 Å². The number of rotatable bonds is 6. The van der Waals surface area contributed by atoms with Crippen LogP contribution < -0.4 is 0 Å². The van der Waals surface area contributed by atoms with E-state index in [9.17, 15) is 8.96 Å². The van der Waals surface area contributed by atoms with Crippen molar-refractivity contribution in [3.63, 3.8) is 0 Å². The van der Waals surface area contributed by atoms with E-state index in [1.807, 2.05) is 6.07 Å². The molecular weight excluding hydrogens is 268 g/mol. The van der Waals surface area contributed by atoms with Crippen molar-refractivity contribution < 1.29 is 18.0 Å². The lowest BCUT2D eigenvalue weighted by molar-refractivity contribution is 0.227. The van der Waals surface area contributed by atoms with Gasteiger partial charge < -0.3 is 9.05 Å². The third kappa shape index (κ3) is 4.29. The Balaban J connectivity index is 3.14. The molecule has 0 aliphatic carbocycles. The van der Waals surface area contributed by atoms with Crippen molar-refractivity contribution in [2.75, 3.05) is 13.2 Å². The number of allylic oxidation sites excluding steroid dienone is 1. The van der Waals surface area contributed by atoms with E-state index in [0.29, 0.717) is 5.56 Å². The quantitative estimate of drug-likeness (QED) is 0.585. The molecule has 6 heteroatoms. The van der Waals surface area contributed by atoms with Crippen molar-refractivity contribution in [3.05, 3.63) is 41.0 Å². The number of hydrogen-bond acceptors (Lipinski definition) is 4. The van der Waals surface area contributed by atoms with E-state index in [1.165, 1.54) is 30.3 Å². The molecule has 0 amide bonds. The van der Waals surface area contributed by atoms with Crippen LogP contribution in [-0.4, -0.2) is 13.2 Å². The summed E-state index contributed by atoms with van der Waals surface area (Å²) in [6, 6.07) is 7.31. The molecule has 0 fully saturated rings. The number of benzene rings is 1. The fourth-order valence-electron chi connectivity index (χ4n) is 1.41. The molecule has 0 bridgehead atoms. The summed E-state index contributed by atoms with van der Waals surface area (Å²) in [6.07, 6.45) is 1.38. The molecular formula is C13H15FNO3P. The van der Waals surface area contributed by atoms with E-state index >= 15 is 0 Å². The second-order valence-corrected chi connectivity index (χ2v) is 5.52. The highest BCUT2D eigenvalue weighted by atomic mass is 31.2. The maximum absolute atomic E-state index is 12.8. The van der Waals surface area contributed by atoms with Gasteiger partial charge in [-0.05, 0) is 37.6 Å². The molecule has 0 unspecified atom stereocenters. The Labute approximate surface area is 112 Å². The van der Waals surface area contributed by atoms with Gasteiger partial charge in [0.25, 0.3) is 0 Å². The molecule has 0 heterocycles. The van der Waals surface area contributed by atoms with Gasteiger partial charge in [0.1, 0.15) is 17.2 Å². The Morgan fingerprint density at radius 2 is 1.84 bits per heavy atom. The molecule has 0 aliphatic rings. The summed E-state index contributed by atoms with van der Waals surface area (Å²) in [5.41, 5.74) is 0.553. The highest BCUT2D eigenvalue weighted by Crippen LogP contribution is 2.56. The van der Waals surface area contributed by atoms with Gasteiger partial charge in [-0.25, -0.2) is 4.39 Å². The second-order valence-electron chi connectivity index (χ2n) is 3.53. The molecule has 0 atom stereocenters. The summed E-state index contributed by atoms with van der Waals surface area (Å²) in [6.45, 7) is 3.66. The molecule has 0 N–H and O–H groups in total. The molecule has 1 aromatic carbocycles. The summed E-state index contributed by atoms with van der Waals surface area (Å²) in [7, 11) is -3.60. The monoisotopic (exact) mass is 283 g/mol. The van der Waals surface area contributed by atoms with E-state index < -0.39 is 7.60 Å². The standard InChI is InChI=1S/C13H15FNO3P/c1-3-17-19(16,18-4-2)13(10-15)9-11-5-7-12(14)8-6-11/h5-9H,3-4H2,1-2H3/b13-9-. The zero-order chi connectivity index (χ0) is 14.3. The summed E-state index contributed by atoms with van der Waals surface area (Å²) in [4.78, 5) is 0. The van der Waals surface area contributed by atoms with Gasteiger partial charge in [-0.15, -0.1) is 0 Å². The molecule has 0 aromatic heterocycles. The SMILES string of the molecule is CCOP(=O)(OCC)/C(C#N)=C\c1ccc(F)cc1. The second kappa shape index (κ2) is 7.20. The fourth-order valence-corrected chi connectivity index (χ4v) is 2.87. The van der Waals surface area contributed by atoms with Gasteiger partial charge in [0, 0.05) is 0 Å². The average molecular weight is 283 g/mol. The van der Waals surface area contributed by atoms with Crippen LogP contribution in [0.25, 0.3) is 6.08 Å². The summed E-state index contributed by atoms with van der Waals surface area (Å²) in [5.74, 6) is -0.381. The van der Waals surface area contributed by atoms with Crippen molar-refractivity contribution in [1.29, 1.82) is 5.26 Å². The minimum Gasteiger partial charge on any atom is -0.305 e. The molecule has 102 valence electrons. The highest BCUT2D eigenvalue weighted by molar-refractivity contribution is 7.59.